The van der Waals surface area contributed by atoms with Crippen molar-refractivity contribution in [3.8, 4) is 17.2 Å². The van der Waals surface area contributed by atoms with Gasteiger partial charge in [-0.25, -0.2) is 8.42 Å². The van der Waals surface area contributed by atoms with E-state index in [1.165, 1.54) is 0 Å². The maximum Gasteiger partial charge on any atom is 0.231 e. The molecule has 1 N–H and O–H groups in total. The molecule has 2 rings (SSSR count). The average molecular weight is 315 g/mol. The van der Waals surface area contributed by atoms with Crippen LogP contribution in [-0.4, -0.2) is 39.9 Å². The van der Waals surface area contributed by atoms with Crippen molar-refractivity contribution < 1.29 is 22.6 Å². The predicted molar refractivity (Wildman–Crippen MR) is 79.7 cm³/mol. The molecule has 0 radical (unpaired) electrons. The molecule has 0 spiro atoms. The fourth-order valence-corrected chi connectivity index (χ4v) is 2.72. The summed E-state index contributed by atoms with van der Waals surface area (Å²) in [5, 5.41) is 2.65. The van der Waals surface area contributed by atoms with Gasteiger partial charge in [-0.1, -0.05) is 0 Å². The van der Waals surface area contributed by atoms with Crippen LogP contribution in [0.25, 0.3) is 0 Å². The van der Waals surface area contributed by atoms with Crippen molar-refractivity contribution in [1.29, 1.82) is 0 Å². The number of nitrogens with one attached hydrogen (secondary N) is 1. The Labute approximate surface area is 125 Å². The van der Waals surface area contributed by atoms with E-state index >= 15 is 0 Å². The highest BCUT2D eigenvalue weighted by Crippen LogP contribution is 2.38. The molecule has 0 aromatic heterocycles. The molecule has 0 atom stereocenters. The van der Waals surface area contributed by atoms with Gasteiger partial charge in [-0.05, 0) is 27.0 Å². The number of hydrogen-bond acceptors (Lipinski definition) is 6. The zero-order chi connectivity index (χ0) is 15.5. The quantitative estimate of drug-likeness (QED) is 0.818. The van der Waals surface area contributed by atoms with E-state index in [0.717, 1.165) is 5.56 Å². The minimum atomic E-state index is -3.10. The molecular formula is C14H21NO5S. The molecule has 118 valence electrons. The van der Waals surface area contributed by atoms with Gasteiger partial charge in [0.05, 0.1) is 11.0 Å². The van der Waals surface area contributed by atoms with E-state index in [1.54, 1.807) is 19.9 Å². The summed E-state index contributed by atoms with van der Waals surface area (Å²) in [4.78, 5) is 0. The summed E-state index contributed by atoms with van der Waals surface area (Å²) >= 11 is 0. The summed E-state index contributed by atoms with van der Waals surface area (Å²) in [7, 11) is -1.27. The number of sulfone groups is 1. The van der Waals surface area contributed by atoms with Gasteiger partial charge in [-0.2, -0.15) is 0 Å². The molecule has 0 fully saturated rings. The van der Waals surface area contributed by atoms with Crippen LogP contribution in [0.15, 0.2) is 12.1 Å². The molecule has 0 unspecified atom stereocenters. The SMILES string of the molecule is CNCc1cc2c(cc1OCCS(=O)(=O)C(C)C)OCO2. The molecule has 6 nitrogen and oxygen atoms in total. The first-order valence-corrected chi connectivity index (χ1v) is 8.57. The Balaban J connectivity index is 2.08. The van der Waals surface area contributed by atoms with E-state index in [0.29, 0.717) is 23.8 Å². The Kier molecular flexibility index (Phi) is 4.95. The third-order valence-corrected chi connectivity index (χ3v) is 5.44. The first-order valence-electron chi connectivity index (χ1n) is 6.85. The van der Waals surface area contributed by atoms with Gasteiger partial charge in [0.1, 0.15) is 12.4 Å². The summed E-state index contributed by atoms with van der Waals surface area (Å²) in [6.07, 6.45) is 0. The summed E-state index contributed by atoms with van der Waals surface area (Å²) < 4.78 is 39.9. The van der Waals surface area contributed by atoms with E-state index in [4.69, 9.17) is 14.2 Å². The first kappa shape index (κ1) is 15.9. The second kappa shape index (κ2) is 6.53. The molecule has 0 saturated heterocycles. The summed E-state index contributed by atoms with van der Waals surface area (Å²) in [5.41, 5.74) is 0.906. The second-order valence-corrected chi connectivity index (χ2v) is 7.78. The lowest BCUT2D eigenvalue weighted by molar-refractivity contribution is 0.173. The van der Waals surface area contributed by atoms with Crippen molar-refractivity contribution in [3.05, 3.63) is 17.7 Å². The average Bonchev–Trinajstić information content (AvgIpc) is 2.86. The Bertz CT molecular complexity index is 598. The van der Waals surface area contributed by atoms with Gasteiger partial charge in [0.25, 0.3) is 0 Å². The van der Waals surface area contributed by atoms with Crippen LogP contribution in [0, 0.1) is 0 Å². The fraction of sp³-hybridized carbons (Fsp3) is 0.571. The van der Waals surface area contributed by atoms with E-state index < -0.39 is 15.1 Å². The van der Waals surface area contributed by atoms with Crippen molar-refractivity contribution in [2.45, 2.75) is 25.6 Å². The fourth-order valence-electron chi connectivity index (χ4n) is 1.93. The van der Waals surface area contributed by atoms with Gasteiger partial charge in [-0.15, -0.1) is 0 Å². The standard InChI is InChI=1S/C14H21NO5S/c1-10(2)21(16,17)5-4-18-12-7-14-13(19-9-20-14)6-11(12)8-15-3/h6-7,10,15H,4-5,8-9H2,1-3H3. The lowest BCUT2D eigenvalue weighted by Crippen LogP contribution is -2.22. The van der Waals surface area contributed by atoms with Crippen LogP contribution in [0.5, 0.6) is 17.2 Å². The van der Waals surface area contributed by atoms with Crippen LogP contribution in [0.1, 0.15) is 19.4 Å². The zero-order valence-corrected chi connectivity index (χ0v) is 13.3. The first-order chi connectivity index (χ1) is 9.94. The van der Waals surface area contributed by atoms with Gasteiger partial charge in [0.2, 0.25) is 6.79 Å². The molecule has 0 aliphatic carbocycles. The highest BCUT2D eigenvalue weighted by atomic mass is 32.2. The minimum Gasteiger partial charge on any atom is -0.492 e. The Hall–Kier alpha value is -1.47. The van der Waals surface area contributed by atoms with E-state index in [9.17, 15) is 8.42 Å². The summed E-state index contributed by atoms with van der Waals surface area (Å²) in [5.74, 6) is 1.92. The van der Waals surface area contributed by atoms with Crippen LogP contribution < -0.4 is 19.5 Å². The van der Waals surface area contributed by atoms with Gasteiger partial charge >= 0.3 is 0 Å². The minimum absolute atomic E-state index is 0.00188. The monoisotopic (exact) mass is 315 g/mol. The molecular weight excluding hydrogens is 294 g/mol. The van der Waals surface area contributed by atoms with Crippen molar-refractivity contribution in [2.75, 3.05) is 26.2 Å². The molecule has 1 aromatic rings. The molecule has 1 aliphatic heterocycles. The number of rotatable bonds is 7. The number of fused-ring (bicyclic) bond motifs is 1. The lowest BCUT2D eigenvalue weighted by Gasteiger charge is -2.13. The molecule has 0 amide bonds. The summed E-state index contributed by atoms with van der Waals surface area (Å²) in [6.45, 7) is 4.25. The third-order valence-electron chi connectivity index (χ3n) is 3.27. The molecule has 7 heteroatoms. The second-order valence-electron chi connectivity index (χ2n) is 5.11. The molecule has 0 bridgehead atoms. The van der Waals surface area contributed by atoms with Gasteiger partial charge in [0, 0.05) is 18.2 Å². The van der Waals surface area contributed by atoms with Crippen LogP contribution in [0.4, 0.5) is 0 Å². The molecule has 1 aromatic carbocycles. The largest absolute Gasteiger partial charge is 0.492 e. The normalized spacial score (nSPS) is 13.7. The zero-order valence-electron chi connectivity index (χ0n) is 12.5. The highest BCUT2D eigenvalue weighted by Gasteiger charge is 2.19. The van der Waals surface area contributed by atoms with Gasteiger partial charge in [0.15, 0.2) is 21.3 Å². The van der Waals surface area contributed by atoms with Crippen molar-refractivity contribution in [3.63, 3.8) is 0 Å². The number of benzene rings is 1. The Morgan fingerprint density at radius 3 is 2.57 bits per heavy atom. The highest BCUT2D eigenvalue weighted by molar-refractivity contribution is 7.91. The molecule has 0 saturated carbocycles. The van der Waals surface area contributed by atoms with E-state index in [1.807, 2.05) is 13.1 Å². The maximum absolute atomic E-state index is 11.8. The van der Waals surface area contributed by atoms with Crippen LogP contribution in [0.3, 0.4) is 0 Å². The third kappa shape index (κ3) is 3.79. The lowest BCUT2D eigenvalue weighted by atomic mass is 10.1. The molecule has 1 aliphatic rings. The van der Waals surface area contributed by atoms with Crippen LogP contribution in [0.2, 0.25) is 0 Å². The maximum atomic E-state index is 11.8. The van der Waals surface area contributed by atoms with Crippen molar-refractivity contribution >= 4 is 9.84 Å². The van der Waals surface area contributed by atoms with Crippen LogP contribution in [-0.2, 0) is 16.4 Å². The van der Waals surface area contributed by atoms with E-state index in [2.05, 4.69) is 5.32 Å². The van der Waals surface area contributed by atoms with Crippen molar-refractivity contribution in [2.24, 2.45) is 0 Å². The smallest absolute Gasteiger partial charge is 0.231 e. The Morgan fingerprint density at radius 2 is 1.95 bits per heavy atom. The van der Waals surface area contributed by atoms with Gasteiger partial charge < -0.3 is 19.5 Å². The molecule has 1 heterocycles. The predicted octanol–water partition coefficient (Wildman–Crippen LogP) is 1.34. The topological polar surface area (TPSA) is 73.9 Å². The number of hydrogen-bond donors (Lipinski definition) is 1. The summed E-state index contributed by atoms with van der Waals surface area (Å²) in [6, 6.07) is 3.60. The van der Waals surface area contributed by atoms with Gasteiger partial charge in [-0.3, -0.25) is 0 Å². The van der Waals surface area contributed by atoms with Crippen LogP contribution >= 0.6 is 0 Å². The number of ether oxygens (including phenoxy) is 3. The Morgan fingerprint density at radius 1 is 1.29 bits per heavy atom. The molecule has 21 heavy (non-hydrogen) atoms. The van der Waals surface area contributed by atoms with Crippen molar-refractivity contribution in [1.82, 2.24) is 5.32 Å². The van der Waals surface area contributed by atoms with E-state index in [-0.39, 0.29) is 19.2 Å².